The summed E-state index contributed by atoms with van der Waals surface area (Å²) in [7, 11) is 1.12. The summed E-state index contributed by atoms with van der Waals surface area (Å²) < 4.78 is 47.7. The van der Waals surface area contributed by atoms with Crippen molar-refractivity contribution < 1.29 is 22.3 Å². The molecule has 0 saturated heterocycles. The molecule has 0 radical (unpaired) electrons. The fourth-order valence-electron chi connectivity index (χ4n) is 2.00. The molecule has 0 saturated carbocycles. The van der Waals surface area contributed by atoms with Crippen LogP contribution in [0.3, 0.4) is 0 Å². The maximum Gasteiger partial charge on any atom is 0.163 e. The molecule has 7 heteroatoms. The summed E-state index contributed by atoms with van der Waals surface area (Å²) in [5.74, 6) is 0.0676. The Kier molecular flexibility index (Phi) is 5.35. The van der Waals surface area contributed by atoms with Crippen LogP contribution in [0, 0.1) is 5.82 Å². The number of hydrogen-bond donors (Lipinski definition) is 1. The Morgan fingerprint density at radius 1 is 1.20 bits per heavy atom. The average Bonchev–Trinajstić information content (AvgIpc) is 2.39. The Morgan fingerprint density at radius 2 is 1.70 bits per heavy atom. The fraction of sp³-hybridized carbons (Fsp3) is 0.538. The minimum Gasteiger partial charge on any atom is -0.493 e. The first-order chi connectivity index (χ1) is 9.26. The maximum absolute atomic E-state index is 14.2. The molecule has 0 aliphatic heterocycles. The van der Waals surface area contributed by atoms with Gasteiger partial charge in [0.1, 0.15) is 5.82 Å². The van der Waals surface area contributed by atoms with Crippen molar-refractivity contribution >= 4 is 9.84 Å². The summed E-state index contributed by atoms with van der Waals surface area (Å²) in [5.41, 5.74) is 0.225. The zero-order valence-corrected chi connectivity index (χ0v) is 13.0. The molecule has 0 heterocycles. The van der Waals surface area contributed by atoms with Gasteiger partial charge in [0, 0.05) is 17.9 Å². The lowest BCUT2D eigenvalue weighted by atomic mass is 10.0. The first-order valence-corrected chi connectivity index (χ1v) is 7.99. The number of rotatable bonds is 6. The third-order valence-electron chi connectivity index (χ3n) is 3.29. The number of benzene rings is 1. The molecule has 0 fully saturated rings. The summed E-state index contributed by atoms with van der Waals surface area (Å²) in [5, 5.41) is 2.06. The number of hydrogen-bond acceptors (Lipinski definition) is 5. The van der Waals surface area contributed by atoms with Gasteiger partial charge in [-0.25, -0.2) is 12.8 Å². The van der Waals surface area contributed by atoms with Crippen LogP contribution in [0.25, 0.3) is 0 Å². The minimum atomic E-state index is -3.32. The number of sulfone groups is 1. The van der Waals surface area contributed by atoms with Gasteiger partial charge in [0.2, 0.25) is 0 Å². The molecule has 0 aliphatic carbocycles. The molecule has 0 aromatic heterocycles. The third kappa shape index (κ3) is 3.40. The zero-order valence-electron chi connectivity index (χ0n) is 12.2. The SMILES string of the molecule is CNC(c1cc(OC)c(OC)cc1F)C(C)S(C)(=O)=O. The van der Waals surface area contributed by atoms with Crippen LogP contribution in [0.4, 0.5) is 4.39 Å². The molecule has 1 rings (SSSR count). The van der Waals surface area contributed by atoms with Crippen molar-refractivity contribution in [3.63, 3.8) is 0 Å². The predicted molar refractivity (Wildman–Crippen MR) is 75.6 cm³/mol. The summed E-state index contributed by atoms with van der Waals surface area (Å²) in [4.78, 5) is 0. The van der Waals surface area contributed by atoms with Gasteiger partial charge in [-0.3, -0.25) is 0 Å². The molecule has 20 heavy (non-hydrogen) atoms. The molecule has 0 amide bonds. The minimum absolute atomic E-state index is 0.225. The van der Waals surface area contributed by atoms with Gasteiger partial charge in [-0.1, -0.05) is 0 Å². The fourth-order valence-corrected chi connectivity index (χ4v) is 2.78. The molecule has 1 N–H and O–H groups in total. The predicted octanol–water partition coefficient (Wildman–Crippen LogP) is 1.54. The summed E-state index contributed by atoms with van der Waals surface area (Å²) in [6, 6.07) is 1.97. The van der Waals surface area contributed by atoms with Gasteiger partial charge >= 0.3 is 0 Å². The van der Waals surface area contributed by atoms with Crippen LogP contribution in [-0.2, 0) is 9.84 Å². The van der Waals surface area contributed by atoms with Crippen LogP contribution in [0.1, 0.15) is 18.5 Å². The molecule has 2 atom stereocenters. The van der Waals surface area contributed by atoms with E-state index in [1.165, 1.54) is 33.3 Å². The van der Waals surface area contributed by atoms with Gasteiger partial charge in [-0.15, -0.1) is 0 Å². The highest BCUT2D eigenvalue weighted by atomic mass is 32.2. The molecule has 1 aromatic carbocycles. The number of ether oxygens (including phenoxy) is 2. The first kappa shape index (κ1) is 16.7. The van der Waals surface area contributed by atoms with Crippen molar-refractivity contribution in [3.05, 3.63) is 23.5 Å². The highest BCUT2D eigenvalue weighted by Gasteiger charge is 2.29. The first-order valence-electron chi connectivity index (χ1n) is 6.03. The Bertz CT molecular complexity index is 574. The summed E-state index contributed by atoms with van der Waals surface area (Å²) >= 11 is 0. The van der Waals surface area contributed by atoms with E-state index in [1.807, 2.05) is 0 Å². The Morgan fingerprint density at radius 3 is 2.10 bits per heavy atom. The Hall–Kier alpha value is -1.34. The van der Waals surface area contributed by atoms with Crippen molar-refractivity contribution in [3.8, 4) is 11.5 Å². The molecule has 0 spiro atoms. The molecule has 5 nitrogen and oxygen atoms in total. The van der Waals surface area contributed by atoms with Crippen molar-refractivity contribution in [2.45, 2.75) is 18.2 Å². The standard InChI is InChI=1S/C13H20FNO4S/c1-8(20(5,16)17)13(15-2)9-6-11(18-3)12(19-4)7-10(9)14/h6-8,13,15H,1-5H3. The van der Waals surface area contributed by atoms with Gasteiger partial charge < -0.3 is 14.8 Å². The van der Waals surface area contributed by atoms with Crippen LogP contribution in [0.5, 0.6) is 11.5 Å². The van der Waals surface area contributed by atoms with E-state index in [-0.39, 0.29) is 11.3 Å². The lowest BCUT2D eigenvalue weighted by Gasteiger charge is -2.24. The van der Waals surface area contributed by atoms with Crippen molar-refractivity contribution in [2.75, 3.05) is 27.5 Å². The van der Waals surface area contributed by atoms with Crippen LogP contribution in [0.2, 0.25) is 0 Å². The molecular weight excluding hydrogens is 285 g/mol. The second kappa shape index (κ2) is 6.41. The van der Waals surface area contributed by atoms with Gasteiger partial charge in [-0.2, -0.15) is 0 Å². The quantitative estimate of drug-likeness (QED) is 0.863. The number of halogens is 1. The average molecular weight is 305 g/mol. The zero-order chi connectivity index (χ0) is 15.5. The third-order valence-corrected chi connectivity index (χ3v) is 4.92. The summed E-state index contributed by atoms with van der Waals surface area (Å²) in [6.45, 7) is 1.53. The van der Waals surface area contributed by atoms with Crippen molar-refractivity contribution in [2.24, 2.45) is 0 Å². The maximum atomic E-state index is 14.2. The van der Waals surface area contributed by atoms with E-state index in [1.54, 1.807) is 7.05 Å². The van der Waals surface area contributed by atoms with E-state index in [0.29, 0.717) is 5.75 Å². The monoisotopic (exact) mass is 305 g/mol. The van der Waals surface area contributed by atoms with E-state index in [2.05, 4.69) is 5.32 Å². The van der Waals surface area contributed by atoms with E-state index >= 15 is 0 Å². The normalized spacial score (nSPS) is 14.7. The second-order valence-electron chi connectivity index (χ2n) is 4.53. The van der Waals surface area contributed by atoms with Crippen LogP contribution >= 0.6 is 0 Å². The van der Waals surface area contributed by atoms with E-state index in [4.69, 9.17) is 9.47 Å². The number of methoxy groups -OCH3 is 2. The van der Waals surface area contributed by atoms with E-state index < -0.39 is 26.9 Å². The Labute approximate surface area is 119 Å². The topological polar surface area (TPSA) is 64.6 Å². The molecule has 1 aromatic rings. The van der Waals surface area contributed by atoms with Crippen LogP contribution in [-0.4, -0.2) is 41.2 Å². The van der Waals surface area contributed by atoms with Gasteiger partial charge in [0.05, 0.1) is 25.5 Å². The largest absolute Gasteiger partial charge is 0.493 e. The lowest BCUT2D eigenvalue weighted by molar-refractivity contribution is 0.350. The molecule has 0 aliphatic rings. The van der Waals surface area contributed by atoms with Crippen molar-refractivity contribution in [1.82, 2.24) is 5.32 Å². The highest BCUT2D eigenvalue weighted by molar-refractivity contribution is 7.91. The smallest absolute Gasteiger partial charge is 0.163 e. The van der Waals surface area contributed by atoms with Crippen LogP contribution < -0.4 is 14.8 Å². The van der Waals surface area contributed by atoms with E-state index in [9.17, 15) is 12.8 Å². The van der Waals surface area contributed by atoms with Crippen LogP contribution in [0.15, 0.2) is 12.1 Å². The molecular formula is C13H20FNO4S. The highest BCUT2D eigenvalue weighted by Crippen LogP contribution is 2.34. The molecule has 114 valence electrons. The van der Waals surface area contributed by atoms with Gasteiger partial charge in [-0.05, 0) is 20.0 Å². The lowest BCUT2D eigenvalue weighted by Crippen LogP contribution is -2.33. The van der Waals surface area contributed by atoms with Gasteiger partial charge in [0.15, 0.2) is 21.3 Å². The van der Waals surface area contributed by atoms with Crippen molar-refractivity contribution in [1.29, 1.82) is 0 Å². The molecule has 2 unspecified atom stereocenters. The number of nitrogens with one attached hydrogen (secondary N) is 1. The molecule has 0 bridgehead atoms. The summed E-state index contributed by atoms with van der Waals surface area (Å²) in [6.07, 6.45) is 1.13. The van der Waals surface area contributed by atoms with Gasteiger partial charge in [0.25, 0.3) is 0 Å². The second-order valence-corrected chi connectivity index (χ2v) is 6.93. The Balaban J connectivity index is 3.36. The van der Waals surface area contributed by atoms with E-state index in [0.717, 1.165) is 6.26 Å².